The molecule has 0 saturated carbocycles. The summed E-state index contributed by atoms with van der Waals surface area (Å²) in [6.07, 6.45) is 0. The van der Waals surface area contributed by atoms with Gasteiger partial charge in [-0.1, -0.05) is 0 Å². The standard InChI is InChI=1S/C6H4I4O2/c7-9-5-3(11)1-2-4(12)6(5)10-8/h1-2,11-12H/q-2. The Morgan fingerprint density at radius 2 is 1.25 bits per heavy atom. The Labute approximate surface area is 110 Å². The van der Waals surface area contributed by atoms with Crippen LogP contribution in [0, 0.1) is 7.14 Å². The fourth-order valence-electron chi connectivity index (χ4n) is 0.665. The number of rotatable bonds is 2. The summed E-state index contributed by atoms with van der Waals surface area (Å²) in [4.78, 5) is 0. The number of phenols is 2. The number of benzene rings is 1. The van der Waals surface area contributed by atoms with Crippen molar-refractivity contribution in [2.75, 3.05) is 0 Å². The van der Waals surface area contributed by atoms with Crippen molar-refractivity contribution in [3.8, 4) is 11.5 Å². The zero-order chi connectivity index (χ0) is 9.14. The van der Waals surface area contributed by atoms with Crippen LogP contribution in [0.3, 0.4) is 0 Å². The van der Waals surface area contributed by atoms with E-state index in [0.29, 0.717) is 11.5 Å². The molecule has 0 spiro atoms. The summed E-state index contributed by atoms with van der Waals surface area (Å²) in [6, 6.07) is 3.14. The first kappa shape index (κ1) is 11.8. The molecule has 0 atom stereocenters. The average Bonchev–Trinajstić information content (AvgIpc) is 2.08. The van der Waals surface area contributed by atoms with Gasteiger partial charge in [0.15, 0.2) is 0 Å². The molecular formula is C6H4I4O2-2. The zero-order valence-electron chi connectivity index (χ0n) is 5.56. The van der Waals surface area contributed by atoms with Crippen LogP contribution >= 0.6 is 37.2 Å². The molecule has 0 unspecified atom stereocenters. The van der Waals surface area contributed by atoms with Crippen molar-refractivity contribution < 1.29 is 44.7 Å². The molecule has 2 N–H and O–H groups in total. The fourth-order valence-corrected chi connectivity index (χ4v) is 14.5. The van der Waals surface area contributed by atoms with E-state index in [1.165, 1.54) is 0 Å². The van der Waals surface area contributed by atoms with Gasteiger partial charge in [0.2, 0.25) is 0 Å². The van der Waals surface area contributed by atoms with Gasteiger partial charge in [0.25, 0.3) is 0 Å². The predicted molar refractivity (Wildman–Crippen MR) is 55.2 cm³/mol. The summed E-state index contributed by atoms with van der Waals surface area (Å²) in [5.41, 5.74) is 0. The Balaban J connectivity index is 3.28. The predicted octanol–water partition coefficient (Wildman–Crippen LogP) is -3.69. The van der Waals surface area contributed by atoms with Crippen LogP contribution in [-0.4, -0.2) is 10.2 Å². The quantitative estimate of drug-likeness (QED) is 0.266. The molecule has 6 heteroatoms. The summed E-state index contributed by atoms with van der Waals surface area (Å²) in [5.74, 6) is 0.697. The van der Waals surface area contributed by atoms with Crippen molar-refractivity contribution in [3.05, 3.63) is 19.3 Å². The van der Waals surface area contributed by atoms with E-state index in [-0.39, 0.29) is 34.5 Å². The van der Waals surface area contributed by atoms with E-state index < -0.39 is 0 Å². The number of hydrogen-bond donors (Lipinski definition) is 2. The van der Waals surface area contributed by atoms with E-state index in [9.17, 15) is 10.2 Å². The van der Waals surface area contributed by atoms with E-state index in [0.717, 1.165) is 7.14 Å². The maximum absolute atomic E-state index is 9.47. The number of hydrogen-bond acceptors (Lipinski definition) is 2. The van der Waals surface area contributed by atoms with E-state index in [1.54, 1.807) is 12.1 Å². The monoisotopic (exact) mass is 616 g/mol. The van der Waals surface area contributed by atoms with Crippen molar-refractivity contribution in [1.82, 2.24) is 0 Å². The fraction of sp³-hybridized carbons (Fsp3) is 0. The van der Waals surface area contributed by atoms with Gasteiger partial charge >= 0.3 is 113 Å². The Bertz CT molecular complexity index is 260. The second-order valence-corrected chi connectivity index (χ2v) is 10.3. The van der Waals surface area contributed by atoms with Gasteiger partial charge in [-0.05, 0) is 0 Å². The van der Waals surface area contributed by atoms with Gasteiger partial charge in [0, 0.05) is 0 Å². The first-order valence-electron chi connectivity index (χ1n) is 2.77. The Kier molecular flexibility index (Phi) is 5.49. The van der Waals surface area contributed by atoms with Crippen molar-refractivity contribution >= 4 is 37.2 Å². The Morgan fingerprint density at radius 1 is 0.917 bits per heavy atom. The molecule has 1 aromatic rings. The molecule has 0 aliphatic rings. The summed E-state index contributed by atoms with van der Waals surface area (Å²) in [5, 5.41) is 18.9. The molecule has 0 radical (unpaired) electrons. The maximum atomic E-state index is 9.47. The first-order valence-corrected chi connectivity index (χ1v) is 17.5. The van der Waals surface area contributed by atoms with Crippen LogP contribution in [0.5, 0.6) is 11.5 Å². The van der Waals surface area contributed by atoms with E-state index in [1.807, 2.05) is 0 Å². The van der Waals surface area contributed by atoms with Crippen LogP contribution in [0.25, 0.3) is 0 Å². The SMILES string of the molecule is Oc1ccc(O)c([I-]I)c1[I-]I. The van der Waals surface area contributed by atoms with Crippen LogP contribution in [0.1, 0.15) is 0 Å². The Hall–Kier alpha value is 1.74. The van der Waals surface area contributed by atoms with Crippen LogP contribution in [-0.2, 0) is 0 Å². The second kappa shape index (κ2) is 5.58. The molecule has 1 rings (SSSR count). The van der Waals surface area contributed by atoms with Crippen molar-refractivity contribution in [3.63, 3.8) is 0 Å². The summed E-state index contributed by atoms with van der Waals surface area (Å²) in [7, 11) is 0. The Morgan fingerprint density at radius 3 is 1.50 bits per heavy atom. The number of aromatic hydroxyl groups is 2. The molecule has 0 aromatic heterocycles. The molecule has 0 aliphatic carbocycles. The van der Waals surface area contributed by atoms with Crippen LogP contribution < -0.4 is 34.5 Å². The molecule has 1 aromatic carbocycles. The van der Waals surface area contributed by atoms with Gasteiger partial charge in [-0.2, -0.15) is 0 Å². The van der Waals surface area contributed by atoms with Gasteiger partial charge in [-0.3, -0.25) is 0 Å². The molecule has 0 saturated heterocycles. The average molecular weight is 616 g/mol. The van der Waals surface area contributed by atoms with Gasteiger partial charge in [0.1, 0.15) is 0 Å². The minimum absolute atomic E-state index is 0.174. The van der Waals surface area contributed by atoms with E-state index in [2.05, 4.69) is 37.2 Å². The zero-order valence-corrected chi connectivity index (χ0v) is 14.2. The van der Waals surface area contributed by atoms with Crippen molar-refractivity contribution in [2.45, 2.75) is 0 Å². The molecule has 12 heavy (non-hydrogen) atoms. The minimum atomic E-state index is -0.174. The molecule has 0 amide bonds. The third-order valence-corrected chi connectivity index (χ3v) is 10.7. The third-order valence-electron chi connectivity index (χ3n) is 1.18. The summed E-state index contributed by atoms with van der Waals surface area (Å²) in [6.45, 7) is 0. The van der Waals surface area contributed by atoms with Crippen molar-refractivity contribution in [2.24, 2.45) is 0 Å². The second-order valence-electron chi connectivity index (χ2n) is 1.87. The van der Waals surface area contributed by atoms with Gasteiger partial charge in [-0.15, -0.1) is 0 Å². The first-order chi connectivity index (χ1) is 5.70. The van der Waals surface area contributed by atoms with Gasteiger partial charge < -0.3 is 0 Å². The molecule has 0 bridgehead atoms. The van der Waals surface area contributed by atoms with Gasteiger partial charge in [-0.25, -0.2) is 0 Å². The van der Waals surface area contributed by atoms with Crippen molar-refractivity contribution in [1.29, 1.82) is 0 Å². The van der Waals surface area contributed by atoms with Crippen LogP contribution in [0.4, 0.5) is 0 Å². The molecule has 70 valence electrons. The van der Waals surface area contributed by atoms with Gasteiger partial charge in [0.05, 0.1) is 0 Å². The van der Waals surface area contributed by atoms with Crippen LogP contribution in [0.15, 0.2) is 12.1 Å². The van der Waals surface area contributed by atoms with Crippen LogP contribution in [0.2, 0.25) is 0 Å². The molecule has 2 nitrogen and oxygen atoms in total. The van der Waals surface area contributed by atoms with E-state index >= 15 is 0 Å². The third kappa shape index (κ3) is 2.62. The number of phenolic OH excluding ortho intramolecular Hbond substituents is 2. The molecule has 0 heterocycles. The molecular weight excluding hydrogens is 612 g/mol. The molecule has 0 aliphatic heterocycles. The van der Waals surface area contributed by atoms with E-state index in [4.69, 9.17) is 0 Å². The summed E-state index contributed by atoms with van der Waals surface area (Å²) < 4.78 is 1.99. The number of halogens is 4. The summed E-state index contributed by atoms with van der Waals surface area (Å²) >= 11 is 4.25. The topological polar surface area (TPSA) is 40.5 Å². The molecule has 0 fully saturated rings. The normalized spacial score (nSPS) is 10.8.